The van der Waals surface area contributed by atoms with E-state index in [1.54, 1.807) is 20.2 Å². The maximum Gasteiger partial charge on any atom is 0.251 e. The average Bonchev–Trinajstić information content (AvgIpc) is 2.89. The number of nitrogens with zero attached hydrogens (tertiary/aromatic N) is 2. The van der Waals surface area contributed by atoms with Gasteiger partial charge in [-0.2, -0.15) is 0 Å². The molecule has 1 aliphatic rings. The molecule has 2 aromatic carbocycles. The molecule has 7 heteroatoms. The van der Waals surface area contributed by atoms with Crippen molar-refractivity contribution in [2.24, 2.45) is 0 Å². The van der Waals surface area contributed by atoms with Gasteiger partial charge in [0.15, 0.2) is 0 Å². The van der Waals surface area contributed by atoms with Crippen LogP contribution >= 0.6 is 0 Å². The summed E-state index contributed by atoms with van der Waals surface area (Å²) in [5, 5.41) is 14.2. The fraction of sp³-hybridized carbons (Fsp3) is 0.345. The zero-order valence-corrected chi connectivity index (χ0v) is 21.5. The number of ether oxygens (including phenoxy) is 1. The lowest BCUT2D eigenvalue weighted by Crippen LogP contribution is -2.43. The van der Waals surface area contributed by atoms with Crippen LogP contribution in [0.2, 0.25) is 0 Å². The van der Waals surface area contributed by atoms with Crippen LogP contribution in [0.5, 0.6) is 11.5 Å². The lowest BCUT2D eigenvalue weighted by atomic mass is 9.96. The number of aryl methyl sites for hydroxylation is 1. The summed E-state index contributed by atoms with van der Waals surface area (Å²) < 4.78 is 6.09. The van der Waals surface area contributed by atoms with Crippen molar-refractivity contribution in [3.05, 3.63) is 71.5 Å². The van der Waals surface area contributed by atoms with Crippen molar-refractivity contribution in [3.8, 4) is 22.6 Å². The van der Waals surface area contributed by atoms with Crippen molar-refractivity contribution < 1.29 is 9.53 Å². The normalized spacial score (nSPS) is 14.3. The predicted octanol–water partition coefficient (Wildman–Crippen LogP) is 5.36. The van der Waals surface area contributed by atoms with Crippen molar-refractivity contribution in [2.45, 2.75) is 39.2 Å². The number of piperidine rings is 1. The maximum absolute atomic E-state index is 13.0. The molecule has 0 atom stereocenters. The van der Waals surface area contributed by atoms with E-state index >= 15 is 0 Å². The average molecular weight is 486 g/mol. The highest BCUT2D eigenvalue weighted by Gasteiger charge is 2.20. The van der Waals surface area contributed by atoms with Gasteiger partial charge >= 0.3 is 0 Å². The molecule has 7 nitrogen and oxygen atoms in total. The number of aromatic nitrogens is 1. The molecule has 1 fully saturated rings. The van der Waals surface area contributed by atoms with Gasteiger partial charge in [0.2, 0.25) is 0 Å². The minimum absolute atomic E-state index is 0.0153. The van der Waals surface area contributed by atoms with E-state index in [0.29, 0.717) is 22.9 Å². The number of carbonyl (C=O) groups excluding carboxylic acids is 1. The Balaban J connectivity index is 1.52. The van der Waals surface area contributed by atoms with E-state index in [1.807, 2.05) is 42.5 Å². The van der Waals surface area contributed by atoms with Crippen LogP contribution in [-0.4, -0.2) is 54.7 Å². The Morgan fingerprint density at radius 1 is 1.11 bits per heavy atom. The second kappa shape index (κ2) is 11.4. The molecular formula is C29H35N5O2. The Morgan fingerprint density at radius 2 is 1.86 bits per heavy atom. The van der Waals surface area contributed by atoms with Gasteiger partial charge in [0.05, 0.1) is 17.6 Å². The smallest absolute Gasteiger partial charge is 0.251 e. The molecule has 36 heavy (non-hydrogen) atoms. The first-order valence-corrected chi connectivity index (χ1v) is 12.5. The highest BCUT2D eigenvalue weighted by Crippen LogP contribution is 2.30. The first-order chi connectivity index (χ1) is 17.4. The second-order valence-electron chi connectivity index (χ2n) is 9.35. The minimum Gasteiger partial charge on any atom is -0.456 e. The van der Waals surface area contributed by atoms with E-state index in [4.69, 9.17) is 10.1 Å². The SMILES string of the molecule is CCc1cc(-c2cccc(Oc3cnc(C(C)=N)c(NC)c3)c2)ccc1C(=O)NC1CCN(C)CC1. The summed E-state index contributed by atoms with van der Waals surface area (Å²) in [7, 11) is 3.92. The quantitative estimate of drug-likeness (QED) is 0.374. The van der Waals surface area contributed by atoms with E-state index in [0.717, 1.165) is 60.3 Å². The van der Waals surface area contributed by atoms with Crippen LogP contribution < -0.4 is 15.4 Å². The van der Waals surface area contributed by atoms with E-state index < -0.39 is 0 Å². The van der Waals surface area contributed by atoms with Gasteiger partial charge in [0.25, 0.3) is 5.91 Å². The molecule has 2 heterocycles. The van der Waals surface area contributed by atoms with Gasteiger partial charge in [0.1, 0.15) is 17.2 Å². The number of rotatable bonds is 8. The number of likely N-dealkylation sites (tertiary alicyclic amines) is 1. The van der Waals surface area contributed by atoms with Crippen molar-refractivity contribution in [2.75, 3.05) is 32.5 Å². The van der Waals surface area contributed by atoms with Crippen LogP contribution in [0.3, 0.4) is 0 Å². The lowest BCUT2D eigenvalue weighted by Gasteiger charge is -2.29. The van der Waals surface area contributed by atoms with Crippen molar-refractivity contribution in [1.29, 1.82) is 5.41 Å². The van der Waals surface area contributed by atoms with Gasteiger partial charge in [-0.1, -0.05) is 31.2 Å². The van der Waals surface area contributed by atoms with E-state index in [2.05, 4.69) is 40.6 Å². The first-order valence-electron chi connectivity index (χ1n) is 12.5. The summed E-state index contributed by atoms with van der Waals surface area (Å²) in [4.78, 5) is 19.7. The molecule has 0 spiro atoms. The van der Waals surface area contributed by atoms with Crippen LogP contribution in [0.1, 0.15) is 48.3 Å². The van der Waals surface area contributed by atoms with E-state index in [-0.39, 0.29) is 11.9 Å². The molecule has 0 radical (unpaired) electrons. The molecule has 3 N–H and O–H groups in total. The molecule has 4 rings (SSSR count). The summed E-state index contributed by atoms with van der Waals surface area (Å²) in [5.41, 5.74) is 5.58. The summed E-state index contributed by atoms with van der Waals surface area (Å²) in [6, 6.07) is 16.0. The number of benzene rings is 2. The number of anilines is 1. The van der Waals surface area contributed by atoms with Crippen molar-refractivity contribution in [3.63, 3.8) is 0 Å². The zero-order valence-electron chi connectivity index (χ0n) is 21.5. The molecule has 188 valence electrons. The largest absolute Gasteiger partial charge is 0.456 e. The topological polar surface area (TPSA) is 90.3 Å². The monoisotopic (exact) mass is 485 g/mol. The molecule has 0 aliphatic carbocycles. The number of amides is 1. The third kappa shape index (κ3) is 5.91. The van der Waals surface area contributed by atoms with E-state index in [9.17, 15) is 4.79 Å². The van der Waals surface area contributed by atoms with Gasteiger partial charge in [-0.05, 0) is 81.2 Å². The lowest BCUT2D eigenvalue weighted by molar-refractivity contribution is 0.0916. The van der Waals surface area contributed by atoms with E-state index in [1.165, 1.54) is 0 Å². The van der Waals surface area contributed by atoms with Gasteiger partial charge in [-0.15, -0.1) is 0 Å². The van der Waals surface area contributed by atoms with Crippen LogP contribution in [0.25, 0.3) is 11.1 Å². The Kier molecular flexibility index (Phi) is 8.00. The Labute approximate surface area is 213 Å². The van der Waals surface area contributed by atoms with Crippen molar-refractivity contribution in [1.82, 2.24) is 15.2 Å². The Hall–Kier alpha value is -3.71. The molecule has 0 saturated carbocycles. The Bertz CT molecular complexity index is 1250. The van der Waals surface area contributed by atoms with Gasteiger partial charge in [-0.3, -0.25) is 4.79 Å². The zero-order chi connectivity index (χ0) is 25.7. The number of pyridine rings is 1. The Morgan fingerprint density at radius 3 is 2.56 bits per heavy atom. The van der Waals surface area contributed by atoms with Gasteiger partial charge in [0, 0.05) is 24.7 Å². The third-order valence-electron chi connectivity index (χ3n) is 6.67. The standard InChI is InChI=1S/C29H35N5O2/c1-5-20-15-22(9-10-26(20)29(35)33-23-11-13-34(4)14-12-23)21-7-6-8-24(16-21)36-25-17-27(31-3)28(19(2)30)32-18-25/h6-10,15-18,23,30-31H,5,11-14H2,1-4H3,(H,33,35). The van der Waals surface area contributed by atoms with Crippen LogP contribution in [0.15, 0.2) is 54.7 Å². The fourth-order valence-electron chi connectivity index (χ4n) is 4.57. The molecule has 1 aromatic heterocycles. The third-order valence-corrected chi connectivity index (χ3v) is 6.67. The predicted molar refractivity (Wildman–Crippen MR) is 146 cm³/mol. The fourth-order valence-corrected chi connectivity index (χ4v) is 4.57. The van der Waals surface area contributed by atoms with Crippen LogP contribution in [-0.2, 0) is 6.42 Å². The maximum atomic E-state index is 13.0. The second-order valence-corrected chi connectivity index (χ2v) is 9.35. The highest BCUT2D eigenvalue weighted by atomic mass is 16.5. The number of hydrogen-bond donors (Lipinski definition) is 3. The van der Waals surface area contributed by atoms with Crippen LogP contribution in [0, 0.1) is 5.41 Å². The molecule has 1 aliphatic heterocycles. The van der Waals surface area contributed by atoms with Crippen LogP contribution in [0.4, 0.5) is 5.69 Å². The summed E-state index contributed by atoms with van der Waals surface area (Å²) >= 11 is 0. The molecule has 0 unspecified atom stereocenters. The van der Waals surface area contributed by atoms with Crippen molar-refractivity contribution >= 4 is 17.3 Å². The number of carbonyl (C=O) groups is 1. The summed E-state index contributed by atoms with van der Waals surface area (Å²) in [6.07, 6.45) is 4.39. The van der Waals surface area contributed by atoms with Gasteiger partial charge < -0.3 is 25.7 Å². The first kappa shape index (κ1) is 25.4. The molecule has 3 aromatic rings. The number of nitrogens with one attached hydrogen (secondary N) is 3. The molecular weight excluding hydrogens is 450 g/mol. The highest BCUT2D eigenvalue weighted by molar-refractivity contribution is 5.99. The summed E-state index contributed by atoms with van der Waals surface area (Å²) in [6.45, 7) is 5.82. The molecule has 0 bridgehead atoms. The molecule has 1 amide bonds. The summed E-state index contributed by atoms with van der Waals surface area (Å²) in [5.74, 6) is 1.30. The number of hydrogen-bond acceptors (Lipinski definition) is 6. The molecule has 1 saturated heterocycles. The van der Waals surface area contributed by atoms with Gasteiger partial charge in [-0.25, -0.2) is 4.98 Å². The minimum atomic E-state index is 0.0153.